The average Bonchev–Trinajstić information content (AvgIpc) is 3.15. The Balaban J connectivity index is 1.54. The van der Waals surface area contributed by atoms with Crippen molar-refractivity contribution in [1.29, 1.82) is 0 Å². The summed E-state index contributed by atoms with van der Waals surface area (Å²) in [6.07, 6.45) is 4.27. The van der Waals surface area contributed by atoms with Gasteiger partial charge in [-0.2, -0.15) is 0 Å². The lowest BCUT2D eigenvalue weighted by molar-refractivity contribution is 0.00221. The highest BCUT2D eigenvalue weighted by molar-refractivity contribution is 7.09. The molecule has 1 aromatic carbocycles. The molecule has 3 unspecified atom stereocenters. The third-order valence-corrected chi connectivity index (χ3v) is 5.14. The van der Waals surface area contributed by atoms with Crippen LogP contribution in [0.4, 0.5) is 4.79 Å². The Hall–Kier alpha value is -1.92. The van der Waals surface area contributed by atoms with Crippen LogP contribution in [0.3, 0.4) is 0 Å². The van der Waals surface area contributed by atoms with Gasteiger partial charge in [0.25, 0.3) is 0 Å². The van der Waals surface area contributed by atoms with Crippen molar-refractivity contribution in [2.75, 3.05) is 6.61 Å². The van der Waals surface area contributed by atoms with Gasteiger partial charge in [0.2, 0.25) is 0 Å². The number of rotatable bonds is 5. The predicted octanol–water partition coefficient (Wildman–Crippen LogP) is 3.81. The third kappa shape index (κ3) is 4.33. The van der Waals surface area contributed by atoms with Gasteiger partial charge in [-0.05, 0) is 24.8 Å². The number of carbonyl (C=O) groups is 1. The van der Waals surface area contributed by atoms with Gasteiger partial charge in [0.05, 0.1) is 12.1 Å². The van der Waals surface area contributed by atoms with E-state index in [1.807, 2.05) is 30.5 Å². The number of carbonyl (C=O) groups excluding carboxylic acids is 1. The van der Waals surface area contributed by atoms with Crippen molar-refractivity contribution in [2.24, 2.45) is 0 Å². The van der Waals surface area contributed by atoms with E-state index in [-0.39, 0.29) is 24.2 Å². The van der Waals surface area contributed by atoms with Gasteiger partial charge >= 0.3 is 6.03 Å². The number of ether oxygens (including phenoxy) is 1. The fourth-order valence-corrected chi connectivity index (χ4v) is 3.73. The summed E-state index contributed by atoms with van der Waals surface area (Å²) in [4.78, 5) is 16.6. The van der Waals surface area contributed by atoms with E-state index in [2.05, 4.69) is 27.8 Å². The van der Waals surface area contributed by atoms with Gasteiger partial charge in [0.1, 0.15) is 5.01 Å². The van der Waals surface area contributed by atoms with E-state index in [0.717, 1.165) is 24.3 Å². The normalized spacial score (nSPS) is 21.9. The van der Waals surface area contributed by atoms with Crippen LogP contribution in [0.25, 0.3) is 0 Å². The van der Waals surface area contributed by atoms with E-state index in [4.69, 9.17) is 4.74 Å². The van der Waals surface area contributed by atoms with Crippen molar-refractivity contribution in [2.45, 2.75) is 44.4 Å². The number of hydrogen-bond acceptors (Lipinski definition) is 4. The summed E-state index contributed by atoms with van der Waals surface area (Å²) in [7, 11) is 0. The van der Waals surface area contributed by atoms with Crippen LogP contribution in [0.5, 0.6) is 0 Å². The first-order valence-electron chi connectivity index (χ1n) is 8.39. The number of benzene rings is 1. The Morgan fingerprint density at radius 3 is 2.96 bits per heavy atom. The summed E-state index contributed by atoms with van der Waals surface area (Å²) in [5.41, 5.74) is 1.17. The molecule has 5 nitrogen and oxygen atoms in total. The summed E-state index contributed by atoms with van der Waals surface area (Å²) in [6, 6.07) is 10.1. The molecule has 2 amide bonds. The molecule has 24 heavy (non-hydrogen) atoms. The van der Waals surface area contributed by atoms with Gasteiger partial charge < -0.3 is 15.4 Å². The SMILES string of the molecule is CCC(NC(=O)NC1CCOC(c2ccccc2)C1)c1nccs1. The molecule has 3 rings (SSSR count). The third-order valence-electron chi connectivity index (χ3n) is 4.25. The number of aromatic nitrogens is 1. The largest absolute Gasteiger partial charge is 0.373 e. The molecule has 2 heterocycles. The first-order valence-corrected chi connectivity index (χ1v) is 9.27. The van der Waals surface area contributed by atoms with E-state index in [1.54, 1.807) is 17.5 Å². The monoisotopic (exact) mass is 345 g/mol. The first kappa shape index (κ1) is 16.9. The molecule has 0 spiro atoms. The summed E-state index contributed by atoms with van der Waals surface area (Å²) >= 11 is 1.57. The molecule has 0 bridgehead atoms. The number of hydrogen-bond donors (Lipinski definition) is 2. The lowest BCUT2D eigenvalue weighted by atomic mass is 9.97. The Kier molecular flexibility index (Phi) is 5.82. The van der Waals surface area contributed by atoms with E-state index in [0.29, 0.717) is 6.61 Å². The maximum atomic E-state index is 12.3. The molecule has 128 valence electrons. The molecule has 1 aromatic heterocycles. The second-order valence-corrected chi connectivity index (χ2v) is 6.87. The van der Waals surface area contributed by atoms with Gasteiger partial charge in [0, 0.05) is 24.2 Å². The van der Waals surface area contributed by atoms with Crippen molar-refractivity contribution in [1.82, 2.24) is 15.6 Å². The molecule has 1 saturated heterocycles. The van der Waals surface area contributed by atoms with Crippen LogP contribution in [0.15, 0.2) is 41.9 Å². The first-order chi connectivity index (χ1) is 11.8. The number of thiazole rings is 1. The van der Waals surface area contributed by atoms with Crippen molar-refractivity contribution in [3.8, 4) is 0 Å². The van der Waals surface area contributed by atoms with Gasteiger partial charge in [-0.3, -0.25) is 0 Å². The summed E-state index contributed by atoms with van der Waals surface area (Å²) in [6.45, 7) is 2.71. The number of nitrogens with one attached hydrogen (secondary N) is 2. The number of nitrogens with zero attached hydrogens (tertiary/aromatic N) is 1. The number of urea groups is 1. The quantitative estimate of drug-likeness (QED) is 0.866. The average molecular weight is 345 g/mol. The Bertz CT molecular complexity index is 633. The zero-order valence-electron chi connectivity index (χ0n) is 13.8. The van der Waals surface area contributed by atoms with Crippen molar-refractivity contribution < 1.29 is 9.53 Å². The molecular weight excluding hydrogens is 322 g/mol. The molecule has 2 aromatic rings. The second-order valence-electron chi connectivity index (χ2n) is 5.94. The summed E-state index contributed by atoms with van der Waals surface area (Å²) in [5, 5.41) is 9.00. The van der Waals surface area contributed by atoms with E-state index in [9.17, 15) is 4.79 Å². The molecule has 0 aliphatic carbocycles. The van der Waals surface area contributed by atoms with Crippen molar-refractivity contribution >= 4 is 17.4 Å². The zero-order valence-corrected chi connectivity index (χ0v) is 14.6. The maximum Gasteiger partial charge on any atom is 0.315 e. The van der Waals surface area contributed by atoms with Crippen LogP contribution in [0, 0.1) is 0 Å². The van der Waals surface area contributed by atoms with Gasteiger partial charge in [-0.25, -0.2) is 9.78 Å². The lowest BCUT2D eigenvalue weighted by Gasteiger charge is -2.30. The minimum atomic E-state index is -0.129. The fourth-order valence-electron chi connectivity index (χ4n) is 2.96. The van der Waals surface area contributed by atoms with Crippen molar-refractivity contribution in [3.05, 3.63) is 52.5 Å². The second kappa shape index (κ2) is 8.26. The molecule has 1 aliphatic rings. The minimum Gasteiger partial charge on any atom is -0.373 e. The van der Waals surface area contributed by atoms with Crippen LogP contribution in [0.2, 0.25) is 0 Å². The highest BCUT2D eigenvalue weighted by Crippen LogP contribution is 2.28. The van der Waals surface area contributed by atoms with Crippen LogP contribution in [-0.4, -0.2) is 23.7 Å². The van der Waals surface area contributed by atoms with E-state index >= 15 is 0 Å². The molecule has 1 fully saturated rings. The van der Waals surface area contributed by atoms with Crippen LogP contribution < -0.4 is 10.6 Å². The highest BCUT2D eigenvalue weighted by atomic mass is 32.1. The van der Waals surface area contributed by atoms with Crippen LogP contribution >= 0.6 is 11.3 Å². The van der Waals surface area contributed by atoms with E-state index < -0.39 is 0 Å². The fraction of sp³-hybridized carbons (Fsp3) is 0.444. The molecule has 0 radical (unpaired) electrons. The van der Waals surface area contributed by atoms with Crippen molar-refractivity contribution in [3.63, 3.8) is 0 Å². The molecule has 1 aliphatic heterocycles. The summed E-state index contributed by atoms with van der Waals surface area (Å²) < 4.78 is 5.86. The van der Waals surface area contributed by atoms with Crippen LogP contribution in [-0.2, 0) is 4.74 Å². The lowest BCUT2D eigenvalue weighted by Crippen LogP contribution is -2.45. The Morgan fingerprint density at radius 2 is 2.25 bits per heavy atom. The molecular formula is C18H23N3O2S. The van der Waals surface area contributed by atoms with Gasteiger partial charge in [0.15, 0.2) is 0 Å². The smallest absolute Gasteiger partial charge is 0.315 e. The minimum absolute atomic E-state index is 0.0326. The number of amides is 2. The zero-order chi connectivity index (χ0) is 16.8. The van der Waals surface area contributed by atoms with Gasteiger partial charge in [-0.15, -0.1) is 11.3 Å². The maximum absolute atomic E-state index is 12.3. The molecule has 6 heteroatoms. The molecule has 3 atom stereocenters. The Labute approximate surface area is 146 Å². The van der Waals surface area contributed by atoms with Gasteiger partial charge in [-0.1, -0.05) is 37.3 Å². The van der Waals surface area contributed by atoms with E-state index in [1.165, 1.54) is 5.56 Å². The molecule has 2 N–H and O–H groups in total. The standard InChI is InChI=1S/C18H23N3O2S/c1-2-15(17-19-9-11-24-17)21-18(22)20-14-8-10-23-16(12-14)13-6-4-3-5-7-13/h3-7,9,11,14-16H,2,8,10,12H2,1H3,(H2,20,21,22). The topological polar surface area (TPSA) is 63.2 Å². The highest BCUT2D eigenvalue weighted by Gasteiger charge is 2.25. The summed E-state index contributed by atoms with van der Waals surface area (Å²) in [5.74, 6) is 0. The van der Waals surface area contributed by atoms with Crippen LogP contribution in [0.1, 0.15) is 48.9 Å². The molecule has 0 saturated carbocycles. The Morgan fingerprint density at radius 1 is 1.42 bits per heavy atom. The predicted molar refractivity (Wildman–Crippen MR) is 95.0 cm³/mol.